The highest BCUT2D eigenvalue weighted by molar-refractivity contribution is 7.18. The Bertz CT molecular complexity index is 879. The van der Waals surface area contributed by atoms with Crippen LogP contribution in [0.4, 0.5) is 5.00 Å². The summed E-state index contributed by atoms with van der Waals surface area (Å²) in [4.78, 5) is 27.9. The molecule has 3 fully saturated rings. The van der Waals surface area contributed by atoms with Crippen molar-refractivity contribution in [3.8, 4) is 0 Å². The van der Waals surface area contributed by atoms with Gasteiger partial charge in [-0.15, -0.1) is 11.3 Å². The Hall–Kier alpha value is -2.18. The third-order valence-electron chi connectivity index (χ3n) is 6.45. The molecule has 2 N–H and O–H groups in total. The number of carbonyl (C=O) groups excluding carboxylic acids is 2. The normalized spacial score (nSPS) is 26.3. The average molecular weight is 410 g/mol. The number of hydrogen-bond donors (Lipinski definition) is 2. The number of hydrogen-bond acceptors (Lipinski definition) is 4. The predicted octanol–water partition coefficient (Wildman–Crippen LogP) is 4.02. The van der Waals surface area contributed by atoms with Gasteiger partial charge in [0.25, 0.3) is 5.91 Å². The van der Waals surface area contributed by atoms with Crippen molar-refractivity contribution in [1.29, 1.82) is 0 Å². The van der Waals surface area contributed by atoms with Gasteiger partial charge in [0.15, 0.2) is 0 Å². The van der Waals surface area contributed by atoms with Crippen LogP contribution in [-0.2, 0) is 11.3 Å². The van der Waals surface area contributed by atoms with Crippen molar-refractivity contribution in [2.24, 2.45) is 5.92 Å². The SMILES string of the molecule is O=C(NC1CC2CCC(C1)N2Cc1ccccc1)c1ccc(NC(=O)C2CC2)s1. The highest BCUT2D eigenvalue weighted by atomic mass is 32.1. The summed E-state index contributed by atoms with van der Waals surface area (Å²) in [6.45, 7) is 1.01. The van der Waals surface area contributed by atoms with Gasteiger partial charge in [0.2, 0.25) is 5.91 Å². The van der Waals surface area contributed by atoms with Crippen molar-refractivity contribution in [1.82, 2.24) is 10.2 Å². The molecule has 6 heteroatoms. The molecule has 3 aliphatic rings. The standard InChI is InChI=1S/C23H27N3O2S/c27-22(16-6-7-16)25-21-11-10-20(29-21)23(28)24-17-12-18-8-9-19(13-17)26(18)14-15-4-2-1-3-5-15/h1-5,10-11,16-19H,6-9,12-14H2,(H,24,28)(H,25,27). The molecule has 152 valence electrons. The highest BCUT2D eigenvalue weighted by Gasteiger charge is 2.41. The van der Waals surface area contributed by atoms with E-state index in [9.17, 15) is 9.59 Å². The summed E-state index contributed by atoms with van der Waals surface area (Å²) >= 11 is 1.37. The number of thiophene rings is 1. The van der Waals surface area contributed by atoms with Crippen LogP contribution in [0.15, 0.2) is 42.5 Å². The maximum atomic E-state index is 12.7. The fraction of sp³-hybridized carbons (Fsp3) is 0.478. The van der Waals surface area contributed by atoms with Crippen LogP contribution in [0.5, 0.6) is 0 Å². The Morgan fingerprint density at radius 2 is 1.69 bits per heavy atom. The van der Waals surface area contributed by atoms with E-state index in [1.165, 1.54) is 29.7 Å². The molecule has 2 aromatic rings. The molecule has 2 saturated heterocycles. The molecule has 2 atom stereocenters. The highest BCUT2D eigenvalue weighted by Crippen LogP contribution is 2.37. The summed E-state index contributed by atoms with van der Waals surface area (Å²) in [6, 6.07) is 15.7. The van der Waals surface area contributed by atoms with Crippen molar-refractivity contribution in [2.75, 3.05) is 5.32 Å². The monoisotopic (exact) mass is 409 g/mol. The first-order valence-electron chi connectivity index (χ1n) is 10.7. The first-order chi connectivity index (χ1) is 14.2. The Morgan fingerprint density at radius 1 is 0.966 bits per heavy atom. The van der Waals surface area contributed by atoms with E-state index in [0.29, 0.717) is 17.0 Å². The molecule has 1 aromatic heterocycles. The Kier molecular flexibility index (Phi) is 5.14. The quantitative estimate of drug-likeness (QED) is 0.757. The summed E-state index contributed by atoms with van der Waals surface area (Å²) in [7, 11) is 0. The van der Waals surface area contributed by atoms with Crippen LogP contribution in [0.1, 0.15) is 53.8 Å². The van der Waals surface area contributed by atoms with Gasteiger partial charge in [0, 0.05) is 30.6 Å². The zero-order valence-electron chi connectivity index (χ0n) is 16.5. The zero-order valence-corrected chi connectivity index (χ0v) is 17.3. The van der Waals surface area contributed by atoms with Gasteiger partial charge in [0.1, 0.15) is 0 Å². The van der Waals surface area contributed by atoms with Crippen LogP contribution >= 0.6 is 11.3 Å². The predicted molar refractivity (Wildman–Crippen MR) is 115 cm³/mol. The molecule has 29 heavy (non-hydrogen) atoms. The molecule has 5 rings (SSSR count). The molecule has 2 bridgehead atoms. The second-order valence-electron chi connectivity index (χ2n) is 8.61. The number of amides is 2. The van der Waals surface area contributed by atoms with E-state index in [2.05, 4.69) is 45.9 Å². The van der Waals surface area contributed by atoms with Gasteiger partial charge in [-0.25, -0.2) is 0 Å². The molecular formula is C23H27N3O2S. The van der Waals surface area contributed by atoms with Crippen LogP contribution in [-0.4, -0.2) is 34.8 Å². The number of piperidine rings is 1. The van der Waals surface area contributed by atoms with E-state index >= 15 is 0 Å². The maximum absolute atomic E-state index is 12.7. The lowest BCUT2D eigenvalue weighted by Gasteiger charge is -2.39. The van der Waals surface area contributed by atoms with E-state index in [4.69, 9.17) is 0 Å². The molecule has 1 saturated carbocycles. The fourth-order valence-electron chi connectivity index (χ4n) is 4.80. The van der Waals surface area contributed by atoms with Crippen molar-refractivity contribution in [3.63, 3.8) is 0 Å². The van der Waals surface area contributed by atoms with Crippen molar-refractivity contribution >= 4 is 28.2 Å². The number of rotatable bonds is 6. The van der Waals surface area contributed by atoms with Gasteiger partial charge >= 0.3 is 0 Å². The van der Waals surface area contributed by atoms with Gasteiger partial charge in [0.05, 0.1) is 9.88 Å². The second kappa shape index (κ2) is 7.92. The minimum Gasteiger partial charge on any atom is -0.348 e. The van der Waals surface area contributed by atoms with Gasteiger partial charge in [-0.3, -0.25) is 14.5 Å². The molecule has 3 heterocycles. The summed E-state index contributed by atoms with van der Waals surface area (Å²) in [6.07, 6.45) is 6.45. The number of nitrogens with one attached hydrogen (secondary N) is 2. The number of fused-ring (bicyclic) bond motifs is 2. The molecule has 5 nitrogen and oxygen atoms in total. The molecule has 2 amide bonds. The lowest BCUT2D eigenvalue weighted by Crippen LogP contribution is -2.49. The minimum atomic E-state index is -0.0113. The third kappa shape index (κ3) is 4.23. The third-order valence-corrected chi connectivity index (χ3v) is 7.45. The first-order valence-corrected chi connectivity index (χ1v) is 11.5. The molecule has 2 unspecified atom stereocenters. The van der Waals surface area contributed by atoms with E-state index in [0.717, 1.165) is 37.2 Å². The number of benzene rings is 1. The molecule has 1 aliphatic carbocycles. The largest absolute Gasteiger partial charge is 0.348 e. The minimum absolute atomic E-state index is 0.0113. The summed E-state index contributed by atoms with van der Waals surface area (Å²) in [5, 5.41) is 6.95. The van der Waals surface area contributed by atoms with Crippen LogP contribution in [0.3, 0.4) is 0 Å². The van der Waals surface area contributed by atoms with Crippen LogP contribution in [0.25, 0.3) is 0 Å². The molecule has 1 aromatic carbocycles. The van der Waals surface area contributed by atoms with E-state index in [1.807, 2.05) is 12.1 Å². The van der Waals surface area contributed by atoms with Crippen LogP contribution < -0.4 is 10.6 Å². The number of carbonyl (C=O) groups is 2. The lowest BCUT2D eigenvalue weighted by atomic mass is 9.96. The average Bonchev–Trinajstić information content (AvgIpc) is 3.43. The van der Waals surface area contributed by atoms with Crippen molar-refractivity contribution < 1.29 is 9.59 Å². The van der Waals surface area contributed by atoms with Gasteiger partial charge in [-0.2, -0.15) is 0 Å². The van der Waals surface area contributed by atoms with Crippen LogP contribution in [0, 0.1) is 5.92 Å². The lowest BCUT2D eigenvalue weighted by molar-refractivity contribution is -0.117. The van der Waals surface area contributed by atoms with Crippen molar-refractivity contribution in [2.45, 2.75) is 63.2 Å². The maximum Gasteiger partial charge on any atom is 0.261 e. The Balaban J connectivity index is 1.16. The van der Waals surface area contributed by atoms with Gasteiger partial charge in [-0.1, -0.05) is 30.3 Å². The van der Waals surface area contributed by atoms with Crippen molar-refractivity contribution in [3.05, 3.63) is 52.9 Å². The van der Waals surface area contributed by atoms with Gasteiger partial charge in [-0.05, 0) is 56.2 Å². The zero-order chi connectivity index (χ0) is 19.8. The second-order valence-corrected chi connectivity index (χ2v) is 9.70. The number of anilines is 1. The van der Waals surface area contributed by atoms with Gasteiger partial charge < -0.3 is 10.6 Å². The fourth-order valence-corrected chi connectivity index (χ4v) is 5.61. The molecule has 2 aliphatic heterocycles. The first kappa shape index (κ1) is 18.8. The van der Waals surface area contributed by atoms with E-state index < -0.39 is 0 Å². The Morgan fingerprint density at radius 3 is 2.38 bits per heavy atom. The summed E-state index contributed by atoms with van der Waals surface area (Å²) < 4.78 is 0. The molecule has 0 radical (unpaired) electrons. The smallest absolute Gasteiger partial charge is 0.261 e. The summed E-state index contributed by atoms with van der Waals surface area (Å²) in [5.41, 5.74) is 1.37. The molecular weight excluding hydrogens is 382 g/mol. The summed E-state index contributed by atoms with van der Waals surface area (Å²) in [5.74, 6) is 0.245. The Labute approximate surface area is 175 Å². The van der Waals surface area contributed by atoms with E-state index in [1.54, 1.807) is 0 Å². The number of nitrogens with zero attached hydrogens (tertiary/aromatic N) is 1. The van der Waals surface area contributed by atoms with Crippen LogP contribution in [0.2, 0.25) is 0 Å². The molecule has 0 spiro atoms. The topological polar surface area (TPSA) is 61.4 Å². The van der Waals surface area contributed by atoms with E-state index in [-0.39, 0.29) is 23.8 Å².